The van der Waals surface area contributed by atoms with Crippen LogP contribution in [-0.2, 0) is 16.1 Å². The Labute approximate surface area is 129 Å². The number of aliphatic carboxylic acids is 1. The fourth-order valence-electron chi connectivity index (χ4n) is 1.93. The molecule has 1 rings (SSSR count). The third-order valence-electron chi connectivity index (χ3n) is 3.07. The van der Waals surface area contributed by atoms with Crippen molar-refractivity contribution in [2.24, 2.45) is 5.92 Å². The van der Waals surface area contributed by atoms with Crippen LogP contribution in [0.4, 0.5) is 0 Å². The van der Waals surface area contributed by atoms with Gasteiger partial charge in [0.15, 0.2) is 0 Å². The summed E-state index contributed by atoms with van der Waals surface area (Å²) in [7, 11) is 0. The summed E-state index contributed by atoms with van der Waals surface area (Å²) in [5, 5.41) is 14.3. The highest BCUT2D eigenvalue weighted by atomic mass is 16.4. The SMILES string of the molecule is CC(=O)NCc1ccc(C(=O)N[C@H](CC(C)C)C(=O)O)cc1. The Kier molecular flexibility index (Phi) is 6.56. The van der Waals surface area contributed by atoms with Crippen LogP contribution in [-0.4, -0.2) is 28.9 Å². The van der Waals surface area contributed by atoms with E-state index >= 15 is 0 Å². The molecule has 0 aliphatic carbocycles. The summed E-state index contributed by atoms with van der Waals surface area (Å²) in [5.41, 5.74) is 1.25. The van der Waals surface area contributed by atoms with Crippen molar-refractivity contribution in [1.29, 1.82) is 0 Å². The lowest BCUT2D eigenvalue weighted by atomic mass is 10.0. The van der Waals surface area contributed by atoms with Gasteiger partial charge >= 0.3 is 5.97 Å². The van der Waals surface area contributed by atoms with Crippen LogP contribution >= 0.6 is 0 Å². The minimum atomic E-state index is -1.04. The summed E-state index contributed by atoms with van der Waals surface area (Å²) in [6.45, 7) is 5.63. The summed E-state index contributed by atoms with van der Waals surface area (Å²) < 4.78 is 0. The van der Waals surface area contributed by atoms with E-state index in [1.54, 1.807) is 24.3 Å². The van der Waals surface area contributed by atoms with Gasteiger partial charge in [0.25, 0.3) is 5.91 Å². The van der Waals surface area contributed by atoms with E-state index in [0.717, 1.165) is 5.56 Å². The van der Waals surface area contributed by atoms with E-state index in [-0.39, 0.29) is 11.8 Å². The van der Waals surface area contributed by atoms with Gasteiger partial charge in [-0.2, -0.15) is 0 Å². The number of amides is 2. The Balaban J connectivity index is 2.68. The maximum atomic E-state index is 12.1. The van der Waals surface area contributed by atoms with Gasteiger partial charge in [0.1, 0.15) is 6.04 Å². The van der Waals surface area contributed by atoms with E-state index in [2.05, 4.69) is 10.6 Å². The first-order chi connectivity index (χ1) is 10.3. The normalized spacial score (nSPS) is 11.8. The summed E-state index contributed by atoms with van der Waals surface area (Å²) in [4.78, 5) is 34.1. The average molecular weight is 306 g/mol. The van der Waals surface area contributed by atoms with Crippen molar-refractivity contribution in [2.45, 2.75) is 39.8 Å². The third kappa shape index (κ3) is 5.95. The molecule has 0 unspecified atom stereocenters. The molecule has 1 atom stereocenters. The predicted octanol–water partition coefficient (Wildman–Crippen LogP) is 1.55. The standard InChI is InChI=1S/C16H22N2O4/c1-10(2)8-14(16(21)22)18-15(20)13-6-4-12(5-7-13)9-17-11(3)19/h4-7,10,14H,8-9H2,1-3H3,(H,17,19)(H,18,20)(H,21,22)/t14-/m1/s1. The second-order valence-electron chi connectivity index (χ2n) is 5.60. The molecule has 6 heteroatoms. The molecule has 0 heterocycles. The number of carbonyl (C=O) groups is 3. The highest BCUT2D eigenvalue weighted by Crippen LogP contribution is 2.08. The minimum Gasteiger partial charge on any atom is -0.480 e. The molecule has 0 saturated heterocycles. The molecule has 2 amide bonds. The number of hydrogen-bond donors (Lipinski definition) is 3. The quantitative estimate of drug-likeness (QED) is 0.712. The van der Waals surface area contributed by atoms with Crippen molar-refractivity contribution < 1.29 is 19.5 Å². The van der Waals surface area contributed by atoms with Gasteiger partial charge in [-0.3, -0.25) is 9.59 Å². The predicted molar refractivity (Wildman–Crippen MR) is 82.3 cm³/mol. The molecule has 3 N–H and O–H groups in total. The van der Waals surface area contributed by atoms with E-state index in [1.807, 2.05) is 13.8 Å². The maximum Gasteiger partial charge on any atom is 0.326 e. The van der Waals surface area contributed by atoms with Gasteiger partial charge in [-0.05, 0) is 30.0 Å². The highest BCUT2D eigenvalue weighted by molar-refractivity contribution is 5.96. The minimum absolute atomic E-state index is 0.125. The van der Waals surface area contributed by atoms with Gasteiger partial charge in [-0.1, -0.05) is 26.0 Å². The van der Waals surface area contributed by atoms with Crippen molar-refractivity contribution in [3.05, 3.63) is 35.4 Å². The van der Waals surface area contributed by atoms with Crippen LogP contribution in [0.1, 0.15) is 43.1 Å². The molecule has 22 heavy (non-hydrogen) atoms. The van der Waals surface area contributed by atoms with Crippen molar-refractivity contribution >= 4 is 17.8 Å². The first-order valence-corrected chi connectivity index (χ1v) is 7.16. The Morgan fingerprint density at radius 2 is 1.73 bits per heavy atom. The second kappa shape index (κ2) is 8.17. The Hall–Kier alpha value is -2.37. The number of hydrogen-bond acceptors (Lipinski definition) is 3. The molecule has 120 valence electrons. The van der Waals surface area contributed by atoms with Crippen LogP contribution in [0.3, 0.4) is 0 Å². The molecule has 1 aromatic rings. The first-order valence-electron chi connectivity index (χ1n) is 7.16. The molecule has 1 aromatic carbocycles. The topological polar surface area (TPSA) is 95.5 Å². The van der Waals surface area contributed by atoms with Crippen molar-refractivity contribution in [2.75, 3.05) is 0 Å². The molecule has 0 bridgehead atoms. The van der Waals surface area contributed by atoms with E-state index in [1.165, 1.54) is 6.92 Å². The second-order valence-corrected chi connectivity index (χ2v) is 5.60. The molecule has 0 saturated carbocycles. The fourth-order valence-corrected chi connectivity index (χ4v) is 1.93. The zero-order valence-corrected chi connectivity index (χ0v) is 13.1. The van der Waals surface area contributed by atoms with Crippen molar-refractivity contribution in [3.8, 4) is 0 Å². The lowest BCUT2D eigenvalue weighted by molar-refractivity contribution is -0.139. The van der Waals surface area contributed by atoms with Gasteiger partial charge in [0.05, 0.1) is 0 Å². The van der Waals surface area contributed by atoms with Gasteiger partial charge < -0.3 is 15.7 Å². The molecule has 0 aliphatic rings. The molecular formula is C16H22N2O4. The summed E-state index contributed by atoms with van der Waals surface area (Å²) in [6, 6.07) is 5.78. The van der Waals surface area contributed by atoms with Crippen LogP contribution in [0, 0.1) is 5.92 Å². The van der Waals surface area contributed by atoms with Crippen LogP contribution < -0.4 is 10.6 Å². The van der Waals surface area contributed by atoms with Crippen LogP contribution in [0.2, 0.25) is 0 Å². The Bertz CT molecular complexity index is 538. The van der Waals surface area contributed by atoms with Gasteiger partial charge in [-0.15, -0.1) is 0 Å². The van der Waals surface area contributed by atoms with Crippen molar-refractivity contribution in [1.82, 2.24) is 10.6 Å². The third-order valence-corrected chi connectivity index (χ3v) is 3.07. The molecular weight excluding hydrogens is 284 g/mol. The monoisotopic (exact) mass is 306 g/mol. The number of nitrogens with one attached hydrogen (secondary N) is 2. The molecule has 0 radical (unpaired) electrons. The summed E-state index contributed by atoms with van der Waals surface area (Å²) >= 11 is 0. The van der Waals surface area contributed by atoms with E-state index < -0.39 is 17.9 Å². The molecule has 0 aromatic heterocycles. The summed E-state index contributed by atoms with van der Waals surface area (Å²) in [6.07, 6.45) is 0.377. The fraction of sp³-hybridized carbons (Fsp3) is 0.438. The lowest BCUT2D eigenvalue weighted by Gasteiger charge is -2.16. The van der Waals surface area contributed by atoms with Gasteiger partial charge in [-0.25, -0.2) is 4.79 Å². The van der Waals surface area contributed by atoms with Crippen LogP contribution in [0.15, 0.2) is 24.3 Å². The molecule has 0 spiro atoms. The van der Waals surface area contributed by atoms with Gasteiger partial charge in [0, 0.05) is 19.0 Å². The van der Waals surface area contributed by atoms with E-state index in [0.29, 0.717) is 18.5 Å². The highest BCUT2D eigenvalue weighted by Gasteiger charge is 2.21. The summed E-state index contributed by atoms with van der Waals surface area (Å²) in [5.74, 6) is -1.41. The first kappa shape index (κ1) is 17.7. The lowest BCUT2D eigenvalue weighted by Crippen LogP contribution is -2.41. The number of rotatable bonds is 7. The van der Waals surface area contributed by atoms with E-state index in [9.17, 15) is 14.4 Å². The Morgan fingerprint density at radius 3 is 2.18 bits per heavy atom. The van der Waals surface area contributed by atoms with E-state index in [4.69, 9.17) is 5.11 Å². The number of benzene rings is 1. The zero-order valence-electron chi connectivity index (χ0n) is 13.1. The number of carboxylic acid groups (broad SMARTS) is 1. The molecule has 0 aliphatic heterocycles. The van der Waals surface area contributed by atoms with Crippen LogP contribution in [0.5, 0.6) is 0 Å². The Morgan fingerprint density at radius 1 is 1.14 bits per heavy atom. The maximum absolute atomic E-state index is 12.1. The largest absolute Gasteiger partial charge is 0.480 e. The van der Waals surface area contributed by atoms with Crippen LogP contribution in [0.25, 0.3) is 0 Å². The zero-order chi connectivity index (χ0) is 16.7. The number of carbonyl (C=O) groups excluding carboxylic acids is 2. The number of carboxylic acids is 1. The molecule has 6 nitrogen and oxygen atoms in total. The molecule has 0 fully saturated rings. The smallest absolute Gasteiger partial charge is 0.326 e. The average Bonchev–Trinajstić information content (AvgIpc) is 2.44. The van der Waals surface area contributed by atoms with Gasteiger partial charge in [0.2, 0.25) is 5.91 Å². The van der Waals surface area contributed by atoms with Crippen molar-refractivity contribution in [3.63, 3.8) is 0 Å².